The van der Waals surface area contributed by atoms with Gasteiger partial charge < -0.3 is 0 Å². The Morgan fingerprint density at radius 2 is 1.91 bits per heavy atom. The highest BCUT2D eigenvalue weighted by molar-refractivity contribution is 9.10. The quantitative estimate of drug-likeness (QED) is 0.581. The summed E-state index contributed by atoms with van der Waals surface area (Å²) >= 11 is 3.29. The van der Waals surface area contributed by atoms with Gasteiger partial charge in [-0.15, -0.1) is 0 Å². The van der Waals surface area contributed by atoms with Crippen molar-refractivity contribution in [3.8, 4) is 11.8 Å². The van der Waals surface area contributed by atoms with Crippen LogP contribution in [0.1, 0.15) is 5.56 Å². The minimum atomic E-state index is -0.587. The Morgan fingerprint density at radius 3 is 2.45 bits per heavy atom. The largest absolute Gasteiger partial charge is 0.237 e. The van der Waals surface area contributed by atoms with E-state index in [9.17, 15) is 4.39 Å². The van der Waals surface area contributed by atoms with Crippen LogP contribution < -0.4 is 0 Å². The van der Waals surface area contributed by atoms with E-state index in [4.69, 9.17) is 0 Å². The molecule has 1 aromatic rings. The van der Waals surface area contributed by atoms with E-state index >= 15 is 0 Å². The average Bonchev–Trinajstić information content (AvgIpc) is 2.04. The fourth-order valence-electron chi connectivity index (χ4n) is 0.669. The van der Waals surface area contributed by atoms with Gasteiger partial charge in [0.15, 0.2) is 6.67 Å². The number of alkyl halides is 1. The first-order valence-corrected chi connectivity index (χ1v) is 3.92. The third-order valence-corrected chi connectivity index (χ3v) is 1.67. The Labute approximate surface area is 73.6 Å². The van der Waals surface area contributed by atoms with Gasteiger partial charge in [0.25, 0.3) is 0 Å². The lowest BCUT2D eigenvalue weighted by Gasteiger charge is -1.88. The smallest absolute Gasteiger partial charge is 0.150 e. The van der Waals surface area contributed by atoms with Crippen LogP contribution in [0.25, 0.3) is 0 Å². The van der Waals surface area contributed by atoms with Gasteiger partial charge >= 0.3 is 0 Å². The molecule has 0 aromatic heterocycles. The summed E-state index contributed by atoms with van der Waals surface area (Å²) in [5.41, 5.74) is 0.839. The Bertz CT molecular complexity index is 279. The lowest BCUT2D eigenvalue weighted by Crippen LogP contribution is -1.72. The number of benzene rings is 1. The molecule has 0 spiro atoms. The van der Waals surface area contributed by atoms with Gasteiger partial charge in [-0.25, -0.2) is 4.39 Å². The molecular formula is C9H6BrF. The lowest BCUT2D eigenvalue weighted by molar-refractivity contribution is 0.573. The Hall–Kier alpha value is -0.810. The summed E-state index contributed by atoms with van der Waals surface area (Å²) in [5.74, 6) is 5.03. The molecule has 0 radical (unpaired) electrons. The van der Waals surface area contributed by atoms with Crippen molar-refractivity contribution in [1.29, 1.82) is 0 Å². The summed E-state index contributed by atoms with van der Waals surface area (Å²) in [6.07, 6.45) is 0. The van der Waals surface area contributed by atoms with Gasteiger partial charge in [0, 0.05) is 10.0 Å². The highest BCUT2D eigenvalue weighted by Gasteiger charge is 1.85. The fourth-order valence-corrected chi connectivity index (χ4v) is 0.933. The van der Waals surface area contributed by atoms with Crippen molar-refractivity contribution in [2.75, 3.05) is 6.67 Å². The maximum atomic E-state index is 11.6. The third kappa shape index (κ3) is 2.73. The molecule has 2 heteroatoms. The van der Waals surface area contributed by atoms with Gasteiger partial charge in [0.2, 0.25) is 0 Å². The number of halogens is 2. The predicted octanol–water partition coefficient (Wildman–Crippen LogP) is 2.77. The van der Waals surface area contributed by atoms with Gasteiger partial charge in [0.05, 0.1) is 0 Å². The molecule has 0 aliphatic rings. The Kier molecular flexibility index (Phi) is 3.13. The molecule has 1 rings (SSSR count). The summed E-state index contributed by atoms with van der Waals surface area (Å²) in [6, 6.07) is 7.43. The summed E-state index contributed by atoms with van der Waals surface area (Å²) < 4.78 is 12.6. The van der Waals surface area contributed by atoms with E-state index in [-0.39, 0.29) is 0 Å². The van der Waals surface area contributed by atoms with E-state index in [0.717, 1.165) is 10.0 Å². The standard InChI is InChI=1S/C9H6BrF/c10-9-5-3-8(4-6-9)2-1-7-11/h3-6H,7H2. The maximum Gasteiger partial charge on any atom is 0.150 e. The first-order chi connectivity index (χ1) is 5.33. The van der Waals surface area contributed by atoms with E-state index in [1.54, 1.807) is 0 Å². The predicted molar refractivity (Wildman–Crippen MR) is 47.0 cm³/mol. The second kappa shape index (κ2) is 4.15. The van der Waals surface area contributed by atoms with Crippen LogP contribution in [0.5, 0.6) is 0 Å². The van der Waals surface area contributed by atoms with Crippen molar-refractivity contribution < 1.29 is 4.39 Å². The van der Waals surface area contributed by atoms with Crippen molar-refractivity contribution in [3.63, 3.8) is 0 Å². The zero-order chi connectivity index (χ0) is 8.10. The molecule has 0 unspecified atom stereocenters. The summed E-state index contributed by atoms with van der Waals surface area (Å²) in [6.45, 7) is -0.587. The first-order valence-electron chi connectivity index (χ1n) is 3.13. The summed E-state index contributed by atoms with van der Waals surface area (Å²) in [5, 5.41) is 0. The Balaban J connectivity index is 2.82. The zero-order valence-electron chi connectivity index (χ0n) is 5.77. The molecule has 11 heavy (non-hydrogen) atoms. The Morgan fingerprint density at radius 1 is 1.27 bits per heavy atom. The summed E-state index contributed by atoms with van der Waals surface area (Å²) in [4.78, 5) is 0. The topological polar surface area (TPSA) is 0 Å². The minimum absolute atomic E-state index is 0.587. The monoisotopic (exact) mass is 212 g/mol. The van der Waals surface area contributed by atoms with Crippen LogP contribution in [0.15, 0.2) is 28.7 Å². The third-order valence-electron chi connectivity index (χ3n) is 1.14. The highest BCUT2D eigenvalue weighted by Crippen LogP contribution is 2.09. The molecule has 0 aliphatic carbocycles. The van der Waals surface area contributed by atoms with Crippen LogP contribution in [0, 0.1) is 11.8 Å². The van der Waals surface area contributed by atoms with E-state index in [1.807, 2.05) is 24.3 Å². The van der Waals surface area contributed by atoms with Gasteiger partial charge in [-0.05, 0) is 24.3 Å². The minimum Gasteiger partial charge on any atom is -0.237 e. The van der Waals surface area contributed by atoms with Crippen molar-refractivity contribution in [3.05, 3.63) is 34.3 Å². The summed E-state index contributed by atoms with van der Waals surface area (Å²) in [7, 11) is 0. The number of hydrogen-bond acceptors (Lipinski definition) is 0. The second-order valence-electron chi connectivity index (χ2n) is 1.94. The van der Waals surface area contributed by atoms with E-state index in [2.05, 4.69) is 27.8 Å². The van der Waals surface area contributed by atoms with Crippen LogP contribution in [0.4, 0.5) is 4.39 Å². The van der Waals surface area contributed by atoms with E-state index in [1.165, 1.54) is 0 Å². The molecule has 0 heterocycles. The molecule has 0 atom stereocenters. The SMILES string of the molecule is FCC#Cc1ccc(Br)cc1. The number of rotatable bonds is 0. The van der Waals surface area contributed by atoms with Crippen molar-refractivity contribution >= 4 is 15.9 Å². The molecular weight excluding hydrogens is 207 g/mol. The molecule has 0 fully saturated rings. The van der Waals surface area contributed by atoms with E-state index in [0.29, 0.717) is 0 Å². The van der Waals surface area contributed by atoms with E-state index < -0.39 is 6.67 Å². The highest BCUT2D eigenvalue weighted by atomic mass is 79.9. The molecule has 56 valence electrons. The van der Waals surface area contributed by atoms with Crippen LogP contribution >= 0.6 is 15.9 Å². The van der Waals surface area contributed by atoms with Gasteiger partial charge in [0.1, 0.15) is 0 Å². The number of hydrogen-bond donors (Lipinski definition) is 0. The van der Waals surface area contributed by atoms with Crippen molar-refractivity contribution in [2.24, 2.45) is 0 Å². The molecule has 0 saturated carbocycles. The van der Waals surface area contributed by atoms with Gasteiger partial charge in [-0.1, -0.05) is 27.8 Å². The second-order valence-corrected chi connectivity index (χ2v) is 2.86. The van der Waals surface area contributed by atoms with Crippen LogP contribution in [0.2, 0.25) is 0 Å². The molecule has 1 aromatic carbocycles. The van der Waals surface area contributed by atoms with Crippen molar-refractivity contribution in [2.45, 2.75) is 0 Å². The molecule has 0 saturated heterocycles. The van der Waals surface area contributed by atoms with Crippen LogP contribution in [-0.4, -0.2) is 6.67 Å². The average molecular weight is 213 g/mol. The fraction of sp³-hybridized carbons (Fsp3) is 0.111. The van der Waals surface area contributed by atoms with Gasteiger partial charge in [-0.3, -0.25) is 0 Å². The van der Waals surface area contributed by atoms with Crippen molar-refractivity contribution in [1.82, 2.24) is 0 Å². The van der Waals surface area contributed by atoms with Crippen LogP contribution in [-0.2, 0) is 0 Å². The molecule has 0 aliphatic heterocycles. The molecule has 0 amide bonds. The molecule has 0 bridgehead atoms. The van der Waals surface area contributed by atoms with Gasteiger partial charge in [-0.2, -0.15) is 0 Å². The first kappa shape index (κ1) is 8.29. The molecule has 0 nitrogen and oxygen atoms in total. The maximum absolute atomic E-state index is 11.6. The zero-order valence-corrected chi connectivity index (χ0v) is 7.36. The van der Waals surface area contributed by atoms with Crippen LogP contribution in [0.3, 0.4) is 0 Å². The normalized spacial score (nSPS) is 8.55. The molecule has 0 N–H and O–H groups in total. The lowest BCUT2D eigenvalue weighted by atomic mass is 10.2.